The van der Waals surface area contributed by atoms with Crippen molar-refractivity contribution in [1.82, 2.24) is 20.1 Å². The molecule has 3 heterocycles. The van der Waals surface area contributed by atoms with Crippen LogP contribution < -0.4 is 5.32 Å². The zero-order chi connectivity index (χ0) is 26.8. The van der Waals surface area contributed by atoms with Gasteiger partial charge in [-0.3, -0.25) is 15.1 Å². The first-order valence-electron chi connectivity index (χ1n) is 13.6. The van der Waals surface area contributed by atoms with Crippen LogP contribution in [-0.2, 0) is 10.3 Å². The molecule has 1 atom stereocenters. The van der Waals surface area contributed by atoms with Gasteiger partial charge in [0, 0.05) is 18.9 Å². The van der Waals surface area contributed by atoms with Crippen LogP contribution in [-0.4, -0.2) is 52.5 Å². The molecular formula is C31H36F2N4O. The Morgan fingerprint density at radius 3 is 1.97 bits per heavy atom. The van der Waals surface area contributed by atoms with Crippen molar-refractivity contribution in [3.8, 4) is 0 Å². The van der Waals surface area contributed by atoms with Gasteiger partial charge in [0.05, 0.1) is 5.66 Å². The number of rotatable bonds is 8. The summed E-state index contributed by atoms with van der Waals surface area (Å²) in [6, 6.07) is 16.3. The molecule has 200 valence electrons. The normalized spacial score (nSPS) is 22.2. The van der Waals surface area contributed by atoms with Gasteiger partial charge in [-0.05, 0) is 111 Å². The number of carbonyl (C=O) groups excluding carboxylic acids is 1. The minimum absolute atomic E-state index is 0.0866. The first-order chi connectivity index (χ1) is 18.4. The second-order valence-corrected chi connectivity index (χ2v) is 10.7. The fourth-order valence-electron chi connectivity index (χ4n) is 6.11. The first-order valence-corrected chi connectivity index (χ1v) is 13.6. The average molecular weight is 519 g/mol. The van der Waals surface area contributed by atoms with E-state index in [-0.39, 0.29) is 17.5 Å². The molecule has 5 nitrogen and oxygen atoms in total. The van der Waals surface area contributed by atoms with Gasteiger partial charge in [-0.1, -0.05) is 31.2 Å². The summed E-state index contributed by atoms with van der Waals surface area (Å²) >= 11 is 0. The maximum Gasteiger partial charge on any atom is 0.253 e. The molecular weight excluding hydrogens is 482 g/mol. The van der Waals surface area contributed by atoms with Crippen molar-refractivity contribution < 1.29 is 13.6 Å². The van der Waals surface area contributed by atoms with Crippen molar-refractivity contribution in [2.75, 3.05) is 26.2 Å². The van der Waals surface area contributed by atoms with Crippen LogP contribution in [0.15, 0.2) is 73.1 Å². The molecule has 1 amide bonds. The number of pyridine rings is 1. The second kappa shape index (κ2) is 10.9. The van der Waals surface area contributed by atoms with Gasteiger partial charge in [-0.2, -0.15) is 0 Å². The van der Waals surface area contributed by atoms with E-state index in [1.54, 1.807) is 24.3 Å². The molecule has 2 aliphatic rings. The van der Waals surface area contributed by atoms with Crippen LogP contribution in [0.25, 0.3) is 0 Å². The SMILES string of the molecule is CCC1(C)NC(c2ccc(F)cc2)(c2ccc(F)cc2)C(=O)N1CCCN1CCC(c2ccncc2)CC1. The van der Waals surface area contributed by atoms with Crippen LogP contribution >= 0.6 is 0 Å². The monoisotopic (exact) mass is 518 g/mol. The summed E-state index contributed by atoms with van der Waals surface area (Å²) in [5.74, 6) is -0.238. The highest BCUT2D eigenvalue weighted by atomic mass is 19.1. The van der Waals surface area contributed by atoms with Crippen molar-refractivity contribution >= 4 is 5.91 Å². The van der Waals surface area contributed by atoms with E-state index in [2.05, 4.69) is 34.3 Å². The zero-order valence-corrected chi connectivity index (χ0v) is 22.2. The lowest BCUT2D eigenvalue weighted by atomic mass is 9.82. The third kappa shape index (κ3) is 4.97. The van der Waals surface area contributed by atoms with Crippen LogP contribution in [0.4, 0.5) is 8.78 Å². The Balaban J connectivity index is 1.32. The number of piperidine rings is 1. The molecule has 7 heteroatoms. The molecule has 3 aromatic rings. The number of benzene rings is 2. The molecule has 2 fully saturated rings. The van der Waals surface area contributed by atoms with Gasteiger partial charge in [0.15, 0.2) is 5.54 Å². The molecule has 2 aliphatic heterocycles. The van der Waals surface area contributed by atoms with E-state index in [1.807, 2.05) is 24.2 Å². The number of likely N-dealkylation sites (tertiary alicyclic amines) is 1. The van der Waals surface area contributed by atoms with Crippen LogP contribution in [0.5, 0.6) is 0 Å². The molecule has 2 saturated heterocycles. The molecule has 1 aromatic heterocycles. The molecule has 5 rings (SSSR count). The van der Waals surface area contributed by atoms with Gasteiger partial charge in [0.2, 0.25) is 0 Å². The zero-order valence-electron chi connectivity index (χ0n) is 22.2. The predicted octanol–water partition coefficient (Wildman–Crippen LogP) is 5.43. The minimum Gasteiger partial charge on any atom is -0.322 e. The Morgan fingerprint density at radius 1 is 0.895 bits per heavy atom. The highest BCUT2D eigenvalue weighted by molar-refractivity contribution is 5.94. The van der Waals surface area contributed by atoms with Crippen LogP contribution in [0.3, 0.4) is 0 Å². The van der Waals surface area contributed by atoms with Crippen molar-refractivity contribution in [2.24, 2.45) is 0 Å². The molecule has 1 unspecified atom stereocenters. The summed E-state index contributed by atoms with van der Waals surface area (Å²) in [6.07, 6.45) is 7.53. The summed E-state index contributed by atoms with van der Waals surface area (Å²) < 4.78 is 27.7. The molecule has 38 heavy (non-hydrogen) atoms. The van der Waals surface area contributed by atoms with E-state index in [1.165, 1.54) is 29.8 Å². The summed E-state index contributed by atoms with van der Waals surface area (Å²) in [4.78, 5) is 22.9. The summed E-state index contributed by atoms with van der Waals surface area (Å²) in [7, 11) is 0. The highest BCUT2D eigenvalue weighted by Crippen LogP contribution is 2.42. The van der Waals surface area contributed by atoms with Crippen LogP contribution in [0.2, 0.25) is 0 Å². The number of nitrogens with one attached hydrogen (secondary N) is 1. The Labute approximate surface area is 223 Å². The standard InChI is InChI=1S/C31H36F2N4O/c1-3-30(2)35-31(25-5-9-27(32)10-6-25,26-7-11-28(33)12-8-26)29(38)37(30)20-4-19-36-21-15-24(16-22-36)23-13-17-34-18-14-23/h5-14,17-18,24,35H,3-4,15-16,19-22H2,1-2H3. The summed E-state index contributed by atoms with van der Waals surface area (Å²) in [5, 5.41) is 3.63. The maximum atomic E-state index is 14.3. The number of halogens is 2. The lowest BCUT2D eigenvalue weighted by Gasteiger charge is -2.36. The van der Waals surface area contributed by atoms with Crippen LogP contribution in [0.1, 0.15) is 62.1 Å². The minimum atomic E-state index is -1.21. The van der Waals surface area contributed by atoms with Crippen molar-refractivity contribution in [3.05, 3.63) is 101 Å². The first kappa shape index (κ1) is 26.4. The van der Waals surface area contributed by atoms with E-state index in [4.69, 9.17) is 0 Å². The number of aromatic nitrogens is 1. The summed E-state index contributed by atoms with van der Waals surface area (Å²) in [6.45, 7) is 7.71. The number of amides is 1. The lowest BCUT2D eigenvalue weighted by molar-refractivity contribution is -0.134. The fourth-order valence-corrected chi connectivity index (χ4v) is 6.11. The summed E-state index contributed by atoms with van der Waals surface area (Å²) in [5.41, 5.74) is 0.847. The van der Waals surface area contributed by atoms with E-state index < -0.39 is 11.2 Å². The second-order valence-electron chi connectivity index (χ2n) is 10.7. The molecule has 0 saturated carbocycles. The van der Waals surface area contributed by atoms with Crippen molar-refractivity contribution in [2.45, 2.75) is 56.7 Å². The number of nitrogens with zero attached hydrogens (tertiary/aromatic N) is 3. The molecule has 0 bridgehead atoms. The average Bonchev–Trinajstić information content (AvgIpc) is 3.18. The largest absolute Gasteiger partial charge is 0.322 e. The topological polar surface area (TPSA) is 48.5 Å². The third-order valence-electron chi connectivity index (χ3n) is 8.48. The molecule has 0 spiro atoms. The third-order valence-corrected chi connectivity index (χ3v) is 8.48. The smallest absolute Gasteiger partial charge is 0.253 e. The quantitative estimate of drug-likeness (QED) is 0.432. The van der Waals surface area contributed by atoms with Gasteiger partial charge in [0.25, 0.3) is 5.91 Å². The Bertz CT molecular complexity index is 1180. The number of carbonyl (C=O) groups is 1. The van der Waals surface area contributed by atoms with E-state index in [0.717, 1.165) is 38.9 Å². The maximum absolute atomic E-state index is 14.3. The fraction of sp³-hybridized carbons (Fsp3) is 0.419. The van der Waals surface area contributed by atoms with Gasteiger partial charge >= 0.3 is 0 Å². The number of hydrogen-bond acceptors (Lipinski definition) is 4. The Kier molecular flexibility index (Phi) is 7.59. The Hall–Kier alpha value is -3.16. The Morgan fingerprint density at radius 2 is 1.45 bits per heavy atom. The van der Waals surface area contributed by atoms with E-state index in [9.17, 15) is 13.6 Å². The van der Waals surface area contributed by atoms with Gasteiger partial charge < -0.3 is 9.80 Å². The van der Waals surface area contributed by atoms with Gasteiger partial charge in [0.1, 0.15) is 11.6 Å². The van der Waals surface area contributed by atoms with E-state index >= 15 is 0 Å². The van der Waals surface area contributed by atoms with Crippen molar-refractivity contribution in [3.63, 3.8) is 0 Å². The molecule has 0 radical (unpaired) electrons. The molecule has 0 aliphatic carbocycles. The van der Waals surface area contributed by atoms with E-state index in [0.29, 0.717) is 30.0 Å². The van der Waals surface area contributed by atoms with Crippen LogP contribution in [0, 0.1) is 11.6 Å². The lowest BCUT2D eigenvalue weighted by Crippen LogP contribution is -2.52. The molecule has 2 aromatic carbocycles. The van der Waals surface area contributed by atoms with Gasteiger partial charge in [-0.25, -0.2) is 8.78 Å². The van der Waals surface area contributed by atoms with Crippen molar-refractivity contribution in [1.29, 1.82) is 0 Å². The van der Waals surface area contributed by atoms with Gasteiger partial charge in [-0.15, -0.1) is 0 Å². The number of hydrogen-bond donors (Lipinski definition) is 1. The highest BCUT2D eigenvalue weighted by Gasteiger charge is 2.57. The molecule has 1 N–H and O–H groups in total. The predicted molar refractivity (Wildman–Crippen MR) is 144 cm³/mol.